The highest BCUT2D eigenvalue weighted by Gasteiger charge is 2.17. The van der Waals surface area contributed by atoms with Crippen LogP contribution in [0.5, 0.6) is 5.75 Å². The van der Waals surface area contributed by atoms with Crippen molar-refractivity contribution in [1.82, 2.24) is 4.98 Å². The Morgan fingerprint density at radius 1 is 1.14 bits per heavy atom. The lowest BCUT2D eigenvalue weighted by atomic mass is 9.82. The predicted molar refractivity (Wildman–Crippen MR) is 86.2 cm³/mol. The smallest absolute Gasteiger partial charge is 0.119 e. The molecule has 0 saturated carbocycles. The van der Waals surface area contributed by atoms with E-state index in [1.54, 1.807) is 6.20 Å². The van der Waals surface area contributed by atoms with E-state index in [0.29, 0.717) is 13.2 Å². The topological polar surface area (TPSA) is 48.1 Å². The Morgan fingerprint density at radius 2 is 1.86 bits per heavy atom. The van der Waals surface area contributed by atoms with E-state index in [1.165, 1.54) is 5.56 Å². The average Bonchev–Trinajstić information content (AvgIpc) is 2.53. The molecular formula is C18H24N2O. The first-order valence-electron chi connectivity index (χ1n) is 7.43. The number of hydrogen-bond acceptors (Lipinski definition) is 3. The molecule has 2 aromatic rings. The molecule has 0 radical (unpaired) electrons. The van der Waals surface area contributed by atoms with Gasteiger partial charge in [-0.2, -0.15) is 0 Å². The van der Waals surface area contributed by atoms with Gasteiger partial charge in [0.15, 0.2) is 0 Å². The zero-order chi connectivity index (χ0) is 15.3. The van der Waals surface area contributed by atoms with Crippen molar-refractivity contribution in [3.8, 4) is 5.75 Å². The lowest BCUT2D eigenvalue weighted by Crippen LogP contribution is -2.15. The summed E-state index contributed by atoms with van der Waals surface area (Å²) in [6, 6.07) is 12.3. The third kappa shape index (κ3) is 3.82. The van der Waals surface area contributed by atoms with E-state index in [9.17, 15) is 0 Å². The molecule has 0 bridgehead atoms. The van der Waals surface area contributed by atoms with Crippen molar-refractivity contribution < 1.29 is 4.74 Å². The molecule has 0 aliphatic heterocycles. The zero-order valence-electron chi connectivity index (χ0n) is 13.1. The van der Waals surface area contributed by atoms with Crippen molar-refractivity contribution in [3.63, 3.8) is 0 Å². The summed E-state index contributed by atoms with van der Waals surface area (Å²) < 4.78 is 5.84. The molecule has 3 nitrogen and oxygen atoms in total. The minimum atomic E-state index is 0.203. The SMILES string of the molecule is CCC(C)(C)c1ccc(OCc2cccnc2CN)cc1. The van der Waals surface area contributed by atoms with E-state index < -0.39 is 0 Å². The van der Waals surface area contributed by atoms with Crippen molar-refractivity contribution in [2.24, 2.45) is 5.73 Å². The van der Waals surface area contributed by atoms with Crippen molar-refractivity contribution in [2.75, 3.05) is 0 Å². The lowest BCUT2D eigenvalue weighted by Gasteiger charge is -2.23. The van der Waals surface area contributed by atoms with Crippen LogP contribution in [0.2, 0.25) is 0 Å². The summed E-state index contributed by atoms with van der Waals surface area (Å²) in [5.74, 6) is 0.873. The summed E-state index contributed by atoms with van der Waals surface area (Å²) in [6.07, 6.45) is 2.87. The Balaban J connectivity index is 2.04. The van der Waals surface area contributed by atoms with Crippen molar-refractivity contribution >= 4 is 0 Å². The second-order valence-electron chi connectivity index (χ2n) is 5.86. The summed E-state index contributed by atoms with van der Waals surface area (Å²) >= 11 is 0. The van der Waals surface area contributed by atoms with Gasteiger partial charge >= 0.3 is 0 Å². The van der Waals surface area contributed by atoms with Gasteiger partial charge in [-0.15, -0.1) is 0 Å². The Hall–Kier alpha value is -1.87. The highest BCUT2D eigenvalue weighted by molar-refractivity contribution is 5.32. The van der Waals surface area contributed by atoms with E-state index >= 15 is 0 Å². The molecule has 0 amide bonds. The number of nitrogens with zero attached hydrogens (tertiary/aromatic N) is 1. The fourth-order valence-corrected chi connectivity index (χ4v) is 2.15. The van der Waals surface area contributed by atoms with Crippen molar-refractivity contribution in [2.45, 2.75) is 45.8 Å². The minimum absolute atomic E-state index is 0.203. The summed E-state index contributed by atoms with van der Waals surface area (Å²) in [7, 11) is 0. The van der Waals surface area contributed by atoms with E-state index in [1.807, 2.05) is 24.3 Å². The second kappa shape index (κ2) is 6.72. The molecule has 2 rings (SSSR count). The van der Waals surface area contributed by atoms with Gasteiger partial charge < -0.3 is 10.5 Å². The quantitative estimate of drug-likeness (QED) is 0.877. The van der Waals surface area contributed by atoms with Crippen LogP contribution in [-0.4, -0.2) is 4.98 Å². The number of aromatic nitrogens is 1. The van der Waals surface area contributed by atoms with Gasteiger partial charge in [0, 0.05) is 18.3 Å². The van der Waals surface area contributed by atoms with Crippen LogP contribution in [-0.2, 0) is 18.6 Å². The fourth-order valence-electron chi connectivity index (χ4n) is 2.15. The molecule has 0 atom stereocenters. The number of hydrogen-bond donors (Lipinski definition) is 1. The maximum absolute atomic E-state index is 5.84. The minimum Gasteiger partial charge on any atom is -0.489 e. The van der Waals surface area contributed by atoms with Crippen LogP contribution >= 0.6 is 0 Å². The van der Waals surface area contributed by atoms with Crippen LogP contribution in [0.15, 0.2) is 42.6 Å². The van der Waals surface area contributed by atoms with E-state index in [0.717, 1.165) is 23.4 Å². The number of pyridine rings is 1. The molecule has 21 heavy (non-hydrogen) atoms. The maximum Gasteiger partial charge on any atom is 0.119 e. The normalized spacial score (nSPS) is 11.4. The van der Waals surface area contributed by atoms with E-state index in [-0.39, 0.29) is 5.41 Å². The Bertz CT molecular complexity index is 576. The highest BCUT2D eigenvalue weighted by atomic mass is 16.5. The van der Waals surface area contributed by atoms with Gasteiger partial charge in [0.2, 0.25) is 0 Å². The number of rotatable bonds is 6. The van der Waals surface area contributed by atoms with Crippen molar-refractivity contribution in [1.29, 1.82) is 0 Å². The largest absolute Gasteiger partial charge is 0.489 e. The molecule has 2 N–H and O–H groups in total. The van der Waals surface area contributed by atoms with Crippen LogP contribution in [0.25, 0.3) is 0 Å². The van der Waals surface area contributed by atoms with Crippen LogP contribution in [0.4, 0.5) is 0 Å². The Kier molecular flexibility index (Phi) is 4.97. The molecule has 1 aromatic heterocycles. The van der Waals surface area contributed by atoms with Crippen LogP contribution < -0.4 is 10.5 Å². The molecule has 1 aromatic carbocycles. The van der Waals surface area contributed by atoms with Gasteiger partial charge in [-0.05, 0) is 35.6 Å². The average molecular weight is 284 g/mol. The molecule has 0 spiro atoms. The van der Waals surface area contributed by atoms with Gasteiger partial charge in [-0.25, -0.2) is 0 Å². The number of ether oxygens (including phenoxy) is 1. The molecule has 112 valence electrons. The molecule has 0 fully saturated rings. The van der Waals surface area contributed by atoms with Crippen molar-refractivity contribution in [3.05, 3.63) is 59.4 Å². The lowest BCUT2D eigenvalue weighted by molar-refractivity contribution is 0.304. The van der Waals surface area contributed by atoms with Crippen LogP contribution in [0.1, 0.15) is 44.0 Å². The first-order valence-corrected chi connectivity index (χ1v) is 7.43. The Labute approximate surface area is 127 Å². The predicted octanol–water partition coefficient (Wildman–Crippen LogP) is 3.81. The molecule has 0 unspecified atom stereocenters. The standard InChI is InChI=1S/C18H24N2O/c1-4-18(2,3)15-7-9-16(10-8-15)21-13-14-6-5-11-20-17(14)12-19/h5-11H,4,12-13,19H2,1-3H3. The highest BCUT2D eigenvalue weighted by Crippen LogP contribution is 2.28. The summed E-state index contributed by atoms with van der Waals surface area (Å²) in [4.78, 5) is 4.26. The number of benzene rings is 1. The summed E-state index contributed by atoms with van der Waals surface area (Å²) in [6.45, 7) is 7.65. The summed E-state index contributed by atoms with van der Waals surface area (Å²) in [5.41, 5.74) is 9.15. The maximum atomic E-state index is 5.84. The molecule has 3 heteroatoms. The van der Waals surface area contributed by atoms with Gasteiger partial charge in [0.25, 0.3) is 0 Å². The van der Waals surface area contributed by atoms with E-state index in [2.05, 4.69) is 37.9 Å². The van der Waals surface area contributed by atoms with Gasteiger partial charge in [0.05, 0.1) is 5.69 Å². The first kappa shape index (κ1) is 15.5. The number of nitrogens with two attached hydrogens (primary N) is 1. The fraction of sp³-hybridized carbons (Fsp3) is 0.389. The summed E-state index contributed by atoms with van der Waals surface area (Å²) in [5, 5.41) is 0. The third-order valence-corrected chi connectivity index (χ3v) is 4.09. The van der Waals surface area contributed by atoms with Gasteiger partial charge in [0.1, 0.15) is 12.4 Å². The zero-order valence-corrected chi connectivity index (χ0v) is 13.1. The monoisotopic (exact) mass is 284 g/mol. The van der Waals surface area contributed by atoms with Gasteiger partial charge in [-0.1, -0.05) is 39.0 Å². The van der Waals surface area contributed by atoms with Crippen LogP contribution in [0, 0.1) is 0 Å². The molecule has 0 saturated heterocycles. The van der Waals surface area contributed by atoms with Crippen LogP contribution in [0.3, 0.4) is 0 Å². The molecular weight excluding hydrogens is 260 g/mol. The molecule has 1 heterocycles. The second-order valence-corrected chi connectivity index (χ2v) is 5.86. The molecule has 0 aliphatic rings. The first-order chi connectivity index (χ1) is 10.1. The Morgan fingerprint density at radius 3 is 2.48 bits per heavy atom. The molecule has 0 aliphatic carbocycles. The van der Waals surface area contributed by atoms with Gasteiger partial charge in [-0.3, -0.25) is 4.98 Å². The third-order valence-electron chi connectivity index (χ3n) is 4.09. The van der Waals surface area contributed by atoms with E-state index in [4.69, 9.17) is 10.5 Å².